The highest BCUT2D eigenvalue weighted by atomic mass is 16.6. The third-order valence-corrected chi connectivity index (χ3v) is 4.30. The number of rotatable bonds is 5. The monoisotopic (exact) mass is 312 g/mol. The second kappa shape index (κ2) is 7.20. The molecule has 0 saturated heterocycles. The highest BCUT2D eigenvalue weighted by molar-refractivity contribution is 5.69. The Morgan fingerprint density at radius 1 is 1.14 bits per heavy atom. The summed E-state index contributed by atoms with van der Waals surface area (Å²) in [4.78, 5) is 14.2. The fourth-order valence-corrected chi connectivity index (χ4v) is 3.00. The van der Waals surface area contributed by atoms with Crippen molar-refractivity contribution in [3.63, 3.8) is 0 Å². The van der Waals surface area contributed by atoms with Gasteiger partial charge in [0.15, 0.2) is 0 Å². The number of nitrogens with one attached hydrogen (secondary N) is 1. The molecule has 1 fully saturated rings. The topological polar surface area (TPSA) is 41.6 Å². The van der Waals surface area contributed by atoms with Gasteiger partial charge in [-0.25, -0.2) is 4.79 Å². The third kappa shape index (κ3) is 6.55. The molecule has 1 aliphatic rings. The van der Waals surface area contributed by atoms with E-state index < -0.39 is 5.60 Å². The second-order valence-electron chi connectivity index (χ2n) is 9.00. The molecule has 0 aromatic carbocycles. The molecular formula is C18H36N2O2. The maximum absolute atomic E-state index is 12.4. The van der Waals surface area contributed by atoms with Gasteiger partial charge >= 0.3 is 6.09 Å². The van der Waals surface area contributed by atoms with Crippen LogP contribution in [0.2, 0.25) is 0 Å². The van der Waals surface area contributed by atoms with Gasteiger partial charge in [0.1, 0.15) is 5.60 Å². The molecule has 0 heterocycles. The van der Waals surface area contributed by atoms with E-state index in [1.807, 2.05) is 25.7 Å². The summed E-state index contributed by atoms with van der Waals surface area (Å²) in [6.07, 6.45) is 5.10. The number of nitrogens with zero attached hydrogens (tertiary/aromatic N) is 1. The minimum atomic E-state index is -0.453. The summed E-state index contributed by atoms with van der Waals surface area (Å²) in [7, 11) is 0. The minimum Gasteiger partial charge on any atom is -0.444 e. The standard InChI is InChI=1S/C18H36N2O2/c1-16(2,3)20(15(21)22-17(4,5)6)13-12-19-14-18(7)10-8-9-11-18/h19H,8-14H2,1-7H3. The zero-order chi connectivity index (χ0) is 17.0. The van der Waals surface area contributed by atoms with E-state index in [0.29, 0.717) is 12.0 Å². The molecule has 4 heteroatoms. The van der Waals surface area contributed by atoms with Gasteiger partial charge in [-0.15, -0.1) is 0 Å². The molecule has 1 aliphatic carbocycles. The Kier molecular flexibility index (Phi) is 6.31. The van der Waals surface area contributed by atoms with Gasteiger partial charge in [-0.3, -0.25) is 0 Å². The van der Waals surface area contributed by atoms with Crippen LogP contribution < -0.4 is 5.32 Å². The molecule has 1 rings (SSSR count). The average molecular weight is 312 g/mol. The molecule has 22 heavy (non-hydrogen) atoms. The van der Waals surface area contributed by atoms with E-state index in [-0.39, 0.29) is 11.6 Å². The van der Waals surface area contributed by atoms with Crippen molar-refractivity contribution in [1.29, 1.82) is 0 Å². The van der Waals surface area contributed by atoms with Gasteiger partial charge in [0.25, 0.3) is 0 Å². The summed E-state index contributed by atoms with van der Waals surface area (Å²) in [5.74, 6) is 0. The first-order valence-corrected chi connectivity index (χ1v) is 8.64. The number of amides is 1. The molecule has 0 radical (unpaired) electrons. The molecule has 1 saturated carbocycles. The molecule has 0 aliphatic heterocycles. The van der Waals surface area contributed by atoms with Crippen LogP contribution >= 0.6 is 0 Å². The summed E-state index contributed by atoms with van der Waals surface area (Å²) in [6, 6.07) is 0. The zero-order valence-corrected chi connectivity index (χ0v) is 15.7. The maximum atomic E-state index is 12.4. The largest absolute Gasteiger partial charge is 0.444 e. The summed E-state index contributed by atoms with van der Waals surface area (Å²) in [5.41, 5.74) is -0.245. The van der Waals surface area contributed by atoms with Crippen LogP contribution in [0.25, 0.3) is 0 Å². The van der Waals surface area contributed by atoms with Crippen LogP contribution in [0.15, 0.2) is 0 Å². The molecule has 0 spiro atoms. The van der Waals surface area contributed by atoms with Gasteiger partial charge in [-0.2, -0.15) is 0 Å². The van der Waals surface area contributed by atoms with E-state index in [1.165, 1.54) is 25.7 Å². The Hall–Kier alpha value is -0.770. The van der Waals surface area contributed by atoms with E-state index >= 15 is 0 Å². The van der Waals surface area contributed by atoms with Gasteiger partial charge in [-0.1, -0.05) is 19.8 Å². The van der Waals surface area contributed by atoms with Gasteiger partial charge in [0.05, 0.1) is 0 Å². The fraction of sp³-hybridized carbons (Fsp3) is 0.944. The highest BCUT2D eigenvalue weighted by Crippen LogP contribution is 2.36. The van der Waals surface area contributed by atoms with Crippen LogP contribution in [0.5, 0.6) is 0 Å². The predicted molar refractivity (Wildman–Crippen MR) is 92.1 cm³/mol. The Bertz CT molecular complexity index is 360. The molecule has 0 unspecified atom stereocenters. The van der Waals surface area contributed by atoms with Crippen molar-refractivity contribution < 1.29 is 9.53 Å². The van der Waals surface area contributed by atoms with Crippen molar-refractivity contribution in [2.45, 2.75) is 85.3 Å². The first-order valence-electron chi connectivity index (χ1n) is 8.64. The zero-order valence-electron chi connectivity index (χ0n) is 15.7. The summed E-state index contributed by atoms with van der Waals surface area (Å²) < 4.78 is 5.54. The Morgan fingerprint density at radius 3 is 2.14 bits per heavy atom. The van der Waals surface area contributed by atoms with Gasteiger partial charge in [0.2, 0.25) is 0 Å². The van der Waals surface area contributed by atoms with E-state index in [0.717, 1.165) is 13.1 Å². The molecule has 0 atom stereocenters. The Balaban J connectivity index is 2.47. The molecular weight excluding hydrogens is 276 g/mol. The SMILES string of the molecule is CC1(CNCCN(C(=O)OC(C)(C)C)C(C)(C)C)CCCC1. The Labute approximate surface area is 137 Å². The van der Waals surface area contributed by atoms with Crippen LogP contribution in [0.1, 0.15) is 74.1 Å². The smallest absolute Gasteiger partial charge is 0.410 e. The van der Waals surface area contributed by atoms with Crippen LogP contribution in [0.4, 0.5) is 4.79 Å². The molecule has 130 valence electrons. The number of hydrogen-bond acceptors (Lipinski definition) is 3. The highest BCUT2D eigenvalue weighted by Gasteiger charge is 2.31. The first kappa shape index (κ1) is 19.3. The fourth-order valence-electron chi connectivity index (χ4n) is 3.00. The predicted octanol–water partition coefficient (Wildman–Crippen LogP) is 4.19. The quantitative estimate of drug-likeness (QED) is 0.774. The molecule has 1 amide bonds. The number of hydrogen-bond donors (Lipinski definition) is 1. The van der Waals surface area contributed by atoms with Gasteiger partial charge < -0.3 is 15.0 Å². The normalized spacial score (nSPS) is 18.3. The van der Waals surface area contributed by atoms with Crippen LogP contribution in [0.3, 0.4) is 0 Å². The lowest BCUT2D eigenvalue weighted by Crippen LogP contribution is -2.50. The van der Waals surface area contributed by atoms with Crippen molar-refractivity contribution >= 4 is 6.09 Å². The van der Waals surface area contributed by atoms with Crippen molar-refractivity contribution in [3.8, 4) is 0 Å². The van der Waals surface area contributed by atoms with E-state index in [4.69, 9.17) is 4.74 Å². The molecule has 0 bridgehead atoms. The van der Waals surface area contributed by atoms with E-state index in [1.54, 1.807) is 0 Å². The first-order chi connectivity index (χ1) is 9.93. The average Bonchev–Trinajstić information content (AvgIpc) is 2.71. The Morgan fingerprint density at radius 2 is 1.68 bits per heavy atom. The molecule has 0 aromatic heterocycles. The summed E-state index contributed by atoms with van der Waals surface area (Å²) in [5, 5.41) is 3.54. The van der Waals surface area contributed by atoms with E-state index in [2.05, 4.69) is 33.0 Å². The molecule has 4 nitrogen and oxygen atoms in total. The number of carbonyl (C=O) groups excluding carboxylic acids is 1. The molecule has 0 aromatic rings. The maximum Gasteiger partial charge on any atom is 0.410 e. The van der Waals surface area contributed by atoms with Crippen LogP contribution in [-0.4, -0.2) is 41.8 Å². The number of carbonyl (C=O) groups is 1. The van der Waals surface area contributed by atoms with Gasteiger partial charge in [-0.05, 0) is 59.8 Å². The molecule has 1 N–H and O–H groups in total. The van der Waals surface area contributed by atoms with Crippen molar-refractivity contribution in [2.75, 3.05) is 19.6 Å². The van der Waals surface area contributed by atoms with Crippen molar-refractivity contribution in [1.82, 2.24) is 10.2 Å². The van der Waals surface area contributed by atoms with Crippen LogP contribution in [0, 0.1) is 5.41 Å². The number of ether oxygens (including phenoxy) is 1. The van der Waals surface area contributed by atoms with Gasteiger partial charge in [0, 0.05) is 25.2 Å². The van der Waals surface area contributed by atoms with E-state index in [9.17, 15) is 4.79 Å². The lowest BCUT2D eigenvalue weighted by atomic mass is 9.89. The third-order valence-electron chi connectivity index (χ3n) is 4.30. The van der Waals surface area contributed by atoms with Crippen molar-refractivity contribution in [2.24, 2.45) is 5.41 Å². The second-order valence-corrected chi connectivity index (χ2v) is 9.00. The lowest BCUT2D eigenvalue weighted by molar-refractivity contribution is 0.00653. The summed E-state index contributed by atoms with van der Waals surface area (Å²) in [6.45, 7) is 16.8. The minimum absolute atomic E-state index is 0.228. The summed E-state index contributed by atoms with van der Waals surface area (Å²) >= 11 is 0. The van der Waals surface area contributed by atoms with Crippen LogP contribution in [-0.2, 0) is 4.74 Å². The lowest BCUT2D eigenvalue weighted by Gasteiger charge is -2.37. The van der Waals surface area contributed by atoms with Crippen molar-refractivity contribution in [3.05, 3.63) is 0 Å².